The van der Waals surface area contributed by atoms with Crippen molar-refractivity contribution in [2.75, 3.05) is 32.7 Å². The SMILES string of the molecule is O=C(c1cccc(S(=O)(=O)N2CCCNCC2)c1)N1C[C@@H]2CCC[C@H]1C2. The molecule has 7 heteroatoms. The molecule has 0 unspecified atom stereocenters. The van der Waals surface area contributed by atoms with Crippen molar-refractivity contribution in [3.63, 3.8) is 0 Å². The van der Waals surface area contributed by atoms with Gasteiger partial charge in [-0.15, -0.1) is 0 Å². The predicted molar refractivity (Wildman–Crippen MR) is 99.5 cm³/mol. The fourth-order valence-corrected chi connectivity index (χ4v) is 6.08. The molecule has 26 heavy (non-hydrogen) atoms. The fourth-order valence-electron chi connectivity index (χ4n) is 4.55. The zero-order valence-corrected chi connectivity index (χ0v) is 15.9. The van der Waals surface area contributed by atoms with E-state index in [2.05, 4.69) is 5.32 Å². The van der Waals surface area contributed by atoms with E-state index < -0.39 is 10.0 Å². The van der Waals surface area contributed by atoms with Crippen LogP contribution in [0.2, 0.25) is 0 Å². The molecule has 0 radical (unpaired) electrons. The number of benzene rings is 1. The van der Waals surface area contributed by atoms with Gasteiger partial charge in [-0.1, -0.05) is 12.5 Å². The second-order valence-electron chi connectivity index (χ2n) is 7.68. The number of rotatable bonds is 3. The summed E-state index contributed by atoms with van der Waals surface area (Å²) < 4.78 is 27.5. The first kappa shape index (κ1) is 17.9. The Bertz CT molecular complexity index is 772. The van der Waals surface area contributed by atoms with E-state index in [1.807, 2.05) is 4.90 Å². The molecule has 0 spiro atoms. The molecule has 2 heterocycles. The van der Waals surface area contributed by atoms with Crippen LogP contribution in [0.3, 0.4) is 0 Å². The van der Waals surface area contributed by atoms with E-state index in [0.29, 0.717) is 37.2 Å². The van der Waals surface area contributed by atoms with Crippen LogP contribution in [0.5, 0.6) is 0 Å². The molecule has 4 rings (SSSR count). The molecule has 1 aliphatic carbocycles. The van der Waals surface area contributed by atoms with Crippen molar-refractivity contribution in [3.05, 3.63) is 29.8 Å². The van der Waals surface area contributed by atoms with Crippen LogP contribution in [0.25, 0.3) is 0 Å². The number of sulfonamides is 1. The number of likely N-dealkylation sites (tertiary alicyclic amines) is 1. The van der Waals surface area contributed by atoms with E-state index in [4.69, 9.17) is 0 Å². The molecule has 2 aliphatic heterocycles. The van der Waals surface area contributed by atoms with Crippen LogP contribution in [-0.2, 0) is 10.0 Å². The molecule has 2 saturated heterocycles. The number of nitrogens with zero attached hydrogens (tertiary/aromatic N) is 2. The van der Waals surface area contributed by atoms with Gasteiger partial charge in [-0.25, -0.2) is 8.42 Å². The third kappa shape index (κ3) is 3.40. The summed E-state index contributed by atoms with van der Waals surface area (Å²) in [6, 6.07) is 6.94. The average Bonchev–Trinajstić information content (AvgIpc) is 2.85. The second kappa shape index (κ2) is 7.29. The highest BCUT2D eigenvalue weighted by Gasteiger charge is 2.38. The summed E-state index contributed by atoms with van der Waals surface area (Å²) in [5.41, 5.74) is 0.492. The highest BCUT2D eigenvalue weighted by Crippen LogP contribution is 2.36. The van der Waals surface area contributed by atoms with Crippen LogP contribution in [0, 0.1) is 5.92 Å². The minimum Gasteiger partial charge on any atom is -0.335 e. The topological polar surface area (TPSA) is 69.7 Å². The molecule has 2 bridgehead atoms. The Hall–Kier alpha value is -1.44. The lowest BCUT2D eigenvalue weighted by Gasteiger charge is -2.25. The quantitative estimate of drug-likeness (QED) is 0.870. The Morgan fingerprint density at radius 1 is 1.12 bits per heavy atom. The van der Waals surface area contributed by atoms with Crippen LogP contribution in [0.4, 0.5) is 0 Å². The maximum Gasteiger partial charge on any atom is 0.254 e. The van der Waals surface area contributed by atoms with Crippen molar-refractivity contribution in [1.82, 2.24) is 14.5 Å². The minimum absolute atomic E-state index is 0.0195. The maximum absolute atomic E-state index is 13.0. The van der Waals surface area contributed by atoms with E-state index in [1.165, 1.54) is 17.1 Å². The summed E-state index contributed by atoms with van der Waals surface area (Å²) in [4.78, 5) is 15.2. The van der Waals surface area contributed by atoms with Gasteiger partial charge in [0.1, 0.15) is 0 Å². The zero-order chi connectivity index (χ0) is 18.1. The smallest absolute Gasteiger partial charge is 0.254 e. The largest absolute Gasteiger partial charge is 0.335 e. The first-order valence-corrected chi connectivity index (χ1v) is 11.1. The van der Waals surface area contributed by atoms with Crippen LogP contribution in [0.1, 0.15) is 42.5 Å². The van der Waals surface area contributed by atoms with E-state index in [-0.39, 0.29) is 10.8 Å². The average molecular weight is 378 g/mol. The van der Waals surface area contributed by atoms with E-state index in [9.17, 15) is 13.2 Å². The van der Waals surface area contributed by atoms with E-state index in [0.717, 1.165) is 32.4 Å². The lowest BCUT2D eigenvalue weighted by molar-refractivity contribution is 0.0733. The van der Waals surface area contributed by atoms with Crippen molar-refractivity contribution in [1.29, 1.82) is 0 Å². The van der Waals surface area contributed by atoms with E-state index >= 15 is 0 Å². The Morgan fingerprint density at radius 2 is 2.00 bits per heavy atom. The summed E-state index contributed by atoms with van der Waals surface area (Å²) >= 11 is 0. The highest BCUT2D eigenvalue weighted by atomic mass is 32.2. The number of amides is 1. The standard InChI is InChI=1S/C19H27N3O3S/c23-19(22-14-15-4-1-6-17(22)12-15)16-5-2-7-18(13-16)26(24,25)21-10-3-8-20-9-11-21/h2,5,7,13,15,17,20H,1,3-4,6,8-12,14H2/t15-,17+/m1/s1. The zero-order valence-electron chi connectivity index (χ0n) is 15.1. The summed E-state index contributed by atoms with van der Waals surface area (Å²) in [6.45, 7) is 3.30. The molecule has 1 saturated carbocycles. The lowest BCUT2D eigenvalue weighted by Crippen LogP contribution is -2.36. The van der Waals surface area contributed by atoms with Crippen molar-refractivity contribution in [2.45, 2.75) is 43.0 Å². The molecule has 3 aliphatic rings. The van der Waals surface area contributed by atoms with Gasteiger partial charge in [0.15, 0.2) is 0 Å². The van der Waals surface area contributed by atoms with Crippen molar-refractivity contribution >= 4 is 15.9 Å². The Kier molecular flexibility index (Phi) is 5.03. The number of nitrogens with one attached hydrogen (secondary N) is 1. The summed E-state index contributed by atoms with van der Waals surface area (Å²) in [5.74, 6) is 0.600. The Balaban J connectivity index is 1.57. The first-order valence-electron chi connectivity index (χ1n) is 9.67. The van der Waals surface area contributed by atoms with Gasteiger partial charge in [0.25, 0.3) is 5.91 Å². The van der Waals surface area contributed by atoms with Gasteiger partial charge < -0.3 is 10.2 Å². The third-order valence-electron chi connectivity index (χ3n) is 5.93. The molecule has 1 N–H and O–H groups in total. The Morgan fingerprint density at radius 3 is 2.85 bits per heavy atom. The minimum atomic E-state index is -3.56. The van der Waals surface area contributed by atoms with Crippen molar-refractivity contribution in [3.8, 4) is 0 Å². The molecule has 142 valence electrons. The fraction of sp³-hybridized carbons (Fsp3) is 0.632. The molecule has 1 amide bonds. The van der Waals surface area contributed by atoms with Gasteiger partial charge >= 0.3 is 0 Å². The first-order chi connectivity index (χ1) is 12.6. The second-order valence-corrected chi connectivity index (χ2v) is 9.62. The van der Waals surface area contributed by atoms with Gasteiger partial charge in [-0.3, -0.25) is 4.79 Å². The Labute approximate surface area is 155 Å². The van der Waals surface area contributed by atoms with Crippen molar-refractivity contribution < 1.29 is 13.2 Å². The lowest BCUT2D eigenvalue weighted by atomic mass is 9.90. The molecule has 0 aromatic heterocycles. The maximum atomic E-state index is 13.0. The van der Waals surface area contributed by atoms with Crippen LogP contribution in [-0.4, -0.2) is 62.3 Å². The van der Waals surface area contributed by atoms with Gasteiger partial charge in [0, 0.05) is 37.8 Å². The molecular formula is C19H27N3O3S. The van der Waals surface area contributed by atoms with E-state index in [1.54, 1.807) is 24.3 Å². The van der Waals surface area contributed by atoms with Gasteiger partial charge in [0.05, 0.1) is 4.90 Å². The predicted octanol–water partition coefficient (Wildman–Crippen LogP) is 1.69. The number of carbonyl (C=O) groups excluding carboxylic acids is 1. The number of fused-ring (bicyclic) bond motifs is 2. The number of carbonyl (C=O) groups is 1. The van der Waals surface area contributed by atoms with Crippen LogP contribution >= 0.6 is 0 Å². The third-order valence-corrected chi connectivity index (χ3v) is 7.82. The van der Waals surface area contributed by atoms with Gasteiger partial charge in [-0.05, 0) is 56.3 Å². The summed E-state index contributed by atoms with van der Waals surface area (Å²) in [5, 5.41) is 3.22. The molecule has 6 nitrogen and oxygen atoms in total. The normalized spacial score (nSPS) is 27.3. The molecule has 2 atom stereocenters. The molecule has 1 aromatic carbocycles. The number of hydrogen-bond donors (Lipinski definition) is 1. The molecule has 3 fully saturated rings. The molecule has 1 aromatic rings. The highest BCUT2D eigenvalue weighted by molar-refractivity contribution is 7.89. The summed E-state index contributed by atoms with van der Waals surface area (Å²) in [6.07, 6.45) is 5.37. The number of hydrogen-bond acceptors (Lipinski definition) is 4. The monoisotopic (exact) mass is 377 g/mol. The van der Waals surface area contributed by atoms with Gasteiger partial charge in [-0.2, -0.15) is 4.31 Å². The van der Waals surface area contributed by atoms with Crippen LogP contribution in [0.15, 0.2) is 29.2 Å². The van der Waals surface area contributed by atoms with Gasteiger partial charge in [0.2, 0.25) is 10.0 Å². The van der Waals surface area contributed by atoms with Crippen LogP contribution < -0.4 is 5.32 Å². The molecular weight excluding hydrogens is 350 g/mol. The summed E-state index contributed by atoms with van der Waals surface area (Å²) in [7, 11) is -3.56. The van der Waals surface area contributed by atoms with Crippen molar-refractivity contribution in [2.24, 2.45) is 5.92 Å².